The number of nitrogen functional groups attached to an aromatic ring is 1. The highest BCUT2D eigenvalue weighted by molar-refractivity contribution is 7.23. The Morgan fingerprint density at radius 3 is 2.89 bits per heavy atom. The van der Waals surface area contributed by atoms with Crippen LogP contribution in [0, 0.1) is 28.9 Å². The van der Waals surface area contributed by atoms with E-state index in [9.17, 15) is 14.0 Å². The Bertz CT molecular complexity index is 2040. The van der Waals surface area contributed by atoms with Crippen LogP contribution in [0.4, 0.5) is 24.0 Å². The monoisotopic (exact) mass is 658 g/mol. The molecule has 242 valence electrons. The largest absolute Gasteiger partial charge is 0.461 e. The first-order valence-electron chi connectivity index (χ1n) is 16.3. The number of ether oxygens (including phenoxy) is 1. The highest BCUT2D eigenvalue weighted by Crippen LogP contribution is 2.49. The predicted octanol–water partition coefficient (Wildman–Crippen LogP) is 5.83. The number of benzene rings is 1. The number of halogens is 3. The van der Waals surface area contributed by atoms with Crippen molar-refractivity contribution in [1.29, 1.82) is 5.26 Å². The van der Waals surface area contributed by atoms with Gasteiger partial charge in [0, 0.05) is 48.4 Å². The van der Waals surface area contributed by atoms with Gasteiger partial charge in [-0.05, 0) is 75.1 Å². The number of hydrogen-bond donors (Lipinski definition) is 2. The molecule has 0 amide bonds. The summed E-state index contributed by atoms with van der Waals surface area (Å²) in [6.45, 7) is 3.14. The van der Waals surface area contributed by atoms with Gasteiger partial charge in [-0.2, -0.15) is 15.2 Å². The molecule has 13 heteroatoms. The van der Waals surface area contributed by atoms with Crippen LogP contribution in [-0.4, -0.2) is 69.8 Å². The molecule has 3 atom stereocenters. The summed E-state index contributed by atoms with van der Waals surface area (Å²) >= 11 is 0.953. The van der Waals surface area contributed by atoms with Crippen molar-refractivity contribution in [3.8, 4) is 23.3 Å². The second kappa shape index (κ2) is 10.5. The molecule has 3 N–H and O–H groups in total. The number of pyridine rings is 1. The quantitative estimate of drug-likeness (QED) is 0.264. The lowest BCUT2D eigenvalue weighted by Crippen LogP contribution is -2.61. The smallest absolute Gasteiger partial charge is 0.319 e. The topological polar surface area (TPSA) is 116 Å². The number of nitrogens with two attached hydrogens (primary N) is 1. The van der Waals surface area contributed by atoms with Gasteiger partial charge in [-0.25, -0.2) is 13.2 Å². The lowest BCUT2D eigenvalue weighted by atomic mass is 9.90. The molecule has 47 heavy (non-hydrogen) atoms. The fraction of sp³-hybridized carbons (Fsp3) is 0.471. The second-order valence-corrected chi connectivity index (χ2v) is 15.0. The van der Waals surface area contributed by atoms with Gasteiger partial charge in [0.1, 0.15) is 40.5 Å². The number of hydrogen-bond acceptors (Lipinski definition) is 10. The van der Waals surface area contributed by atoms with E-state index < -0.39 is 11.6 Å². The van der Waals surface area contributed by atoms with Crippen molar-refractivity contribution in [2.75, 3.05) is 43.4 Å². The number of thiophene rings is 1. The molecule has 2 bridgehead atoms. The Balaban J connectivity index is 1.18. The van der Waals surface area contributed by atoms with E-state index in [2.05, 4.69) is 31.2 Å². The number of fused-ring (bicyclic) bond motifs is 5. The number of anilines is 2. The Morgan fingerprint density at radius 1 is 1.21 bits per heavy atom. The molecule has 1 aromatic carbocycles. The third kappa shape index (κ3) is 4.44. The first-order chi connectivity index (χ1) is 22.8. The van der Waals surface area contributed by atoms with E-state index in [0.29, 0.717) is 49.0 Å². The average Bonchev–Trinajstić information content (AvgIpc) is 3.53. The van der Waals surface area contributed by atoms with E-state index in [1.54, 1.807) is 6.20 Å². The highest BCUT2D eigenvalue weighted by atomic mass is 32.1. The van der Waals surface area contributed by atoms with E-state index in [4.69, 9.17) is 15.5 Å². The van der Waals surface area contributed by atoms with Crippen LogP contribution >= 0.6 is 11.3 Å². The summed E-state index contributed by atoms with van der Waals surface area (Å²) in [5, 5.41) is 14.6. The molecule has 1 saturated carbocycles. The SMILES string of the molecule is N#Cc1c(N)sc2c(F)ccc(-c3ncc4c(N5C[C@@H]6CC[C@](C7CC7)(C5)N6)nc(OC[C@@]56CCCN5C/C(=C\F)C6)nc4c3F)c12. The fourth-order valence-corrected chi connectivity index (χ4v) is 9.78. The summed E-state index contributed by atoms with van der Waals surface area (Å²) in [6.07, 6.45) is 9.27. The van der Waals surface area contributed by atoms with Crippen molar-refractivity contribution in [3.05, 3.63) is 47.4 Å². The van der Waals surface area contributed by atoms with Crippen LogP contribution in [0.1, 0.15) is 50.5 Å². The van der Waals surface area contributed by atoms with E-state index >= 15 is 4.39 Å². The Kier molecular flexibility index (Phi) is 6.52. The zero-order valence-electron chi connectivity index (χ0n) is 25.7. The molecule has 9 rings (SSSR count). The molecular formula is C34H33F3N8OS. The summed E-state index contributed by atoms with van der Waals surface area (Å²) < 4.78 is 51.8. The summed E-state index contributed by atoms with van der Waals surface area (Å²) in [5.74, 6) is -0.0720. The molecule has 7 heterocycles. The zero-order chi connectivity index (χ0) is 32.1. The molecule has 9 nitrogen and oxygen atoms in total. The molecule has 4 aliphatic heterocycles. The molecule has 0 spiro atoms. The lowest BCUT2D eigenvalue weighted by Gasteiger charge is -2.42. The summed E-state index contributed by atoms with van der Waals surface area (Å²) in [4.78, 5) is 18.6. The van der Waals surface area contributed by atoms with E-state index in [1.165, 1.54) is 25.0 Å². The first-order valence-corrected chi connectivity index (χ1v) is 17.1. The van der Waals surface area contributed by atoms with Crippen LogP contribution < -0.4 is 20.7 Å². The standard InChI is InChI=1S/C34H33F3N8OS/c35-11-18-10-33(7-1-9-45(33)14-18)17-46-32-41-28-23(31(42-32)44-15-20-6-8-34(16-44,43-20)19-2-3-19)13-40-27(26(28)37)21-4-5-24(36)29-25(21)22(12-38)30(39)47-29/h4-5,11,13,19-20,43H,1-3,6-10,14-17,39H2/b18-11-/t20-,33-,34+/m0/s1. The molecule has 5 aliphatic rings. The van der Waals surface area contributed by atoms with Crippen molar-refractivity contribution in [1.82, 2.24) is 25.2 Å². The third-order valence-corrected chi connectivity index (χ3v) is 12.2. The molecular weight excluding hydrogens is 625 g/mol. The number of piperazine rings is 1. The van der Waals surface area contributed by atoms with Gasteiger partial charge in [0.15, 0.2) is 5.82 Å². The number of nitriles is 1. The van der Waals surface area contributed by atoms with Gasteiger partial charge in [-0.15, -0.1) is 11.3 Å². The molecule has 0 radical (unpaired) electrons. The van der Waals surface area contributed by atoms with Crippen LogP contribution in [-0.2, 0) is 0 Å². The number of nitrogens with one attached hydrogen (secondary N) is 1. The van der Waals surface area contributed by atoms with E-state index in [0.717, 1.165) is 55.7 Å². The van der Waals surface area contributed by atoms with Crippen LogP contribution in [0.15, 0.2) is 30.2 Å². The average molecular weight is 659 g/mol. The Hall–Kier alpha value is -3.99. The fourth-order valence-electron chi connectivity index (χ4n) is 8.83. The zero-order valence-corrected chi connectivity index (χ0v) is 26.5. The highest BCUT2D eigenvalue weighted by Gasteiger charge is 2.53. The Morgan fingerprint density at radius 2 is 2.09 bits per heavy atom. The van der Waals surface area contributed by atoms with Crippen molar-refractivity contribution < 1.29 is 17.9 Å². The minimum absolute atomic E-state index is 0.00166. The van der Waals surface area contributed by atoms with Crippen molar-refractivity contribution in [2.45, 2.75) is 62.1 Å². The molecule has 0 unspecified atom stereocenters. The molecule has 4 aromatic rings. The first kappa shape index (κ1) is 29.2. The summed E-state index contributed by atoms with van der Waals surface area (Å²) in [7, 11) is 0. The molecule has 4 saturated heterocycles. The molecule has 3 aromatic heterocycles. The third-order valence-electron chi connectivity index (χ3n) is 11.1. The summed E-state index contributed by atoms with van der Waals surface area (Å²) in [6, 6.07) is 5.07. The number of aromatic nitrogens is 3. The van der Waals surface area contributed by atoms with Crippen LogP contribution in [0.5, 0.6) is 6.01 Å². The summed E-state index contributed by atoms with van der Waals surface area (Å²) in [5.41, 5.74) is 6.80. The maximum atomic E-state index is 16.9. The maximum Gasteiger partial charge on any atom is 0.319 e. The minimum Gasteiger partial charge on any atom is -0.461 e. The molecule has 5 fully saturated rings. The van der Waals surface area contributed by atoms with E-state index in [1.807, 2.05) is 0 Å². The van der Waals surface area contributed by atoms with Crippen molar-refractivity contribution in [3.63, 3.8) is 0 Å². The maximum absolute atomic E-state index is 16.9. The van der Waals surface area contributed by atoms with Gasteiger partial charge >= 0.3 is 6.01 Å². The predicted molar refractivity (Wildman–Crippen MR) is 174 cm³/mol. The normalized spacial score (nSPS) is 28.1. The Labute approximate surface area is 273 Å². The van der Waals surface area contributed by atoms with Crippen LogP contribution in [0.2, 0.25) is 0 Å². The van der Waals surface area contributed by atoms with Gasteiger partial charge in [-0.1, -0.05) is 0 Å². The number of nitrogens with zero attached hydrogens (tertiary/aromatic N) is 6. The van der Waals surface area contributed by atoms with Crippen molar-refractivity contribution >= 4 is 43.1 Å². The van der Waals surface area contributed by atoms with Crippen LogP contribution in [0.25, 0.3) is 32.2 Å². The van der Waals surface area contributed by atoms with Gasteiger partial charge in [0.25, 0.3) is 0 Å². The second-order valence-electron chi connectivity index (χ2n) is 13.9. The number of rotatable bonds is 6. The minimum atomic E-state index is -0.711. The lowest BCUT2D eigenvalue weighted by molar-refractivity contribution is 0.108. The molecule has 1 aliphatic carbocycles. The van der Waals surface area contributed by atoms with Gasteiger partial charge < -0.3 is 20.7 Å². The van der Waals surface area contributed by atoms with Gasteiger partial charge in [-0.3, -0.25) is 9.88 Å². The van der Waals surface area contributed by atoms with Gasteiger partial charge in [0.2, 0.25) is 0 Å². The van der Waals surface area contributed by atoms with E-state index in [-0.39, 0.29) is 61.1 Å². The van der Waals surface area contributed by atoms with Gasteiger partial charge in [0.05, 0.1) is 27.5 Å². The van der Waals surface area contributed by atoms with Crippen LogP contribution in [0.3, 0.4) is 0 Å². The van der Waals surface area contributed by atoms with Crippen molar-refractivity contribution in [2.24, 2.45) is 5.92 Å².